The zero-order valence-electron chi connectivity index (χ0n) is 12.7. The highest BCUT2D eigenvalue weighted by Crippen LogP contribution is 2.33. The summed E-state index contributed by atoms with van der Waals surface area (Å²) in [5.74, 6) is 1.32. The van der Waals surface area contributed by atoms with Gasteiger partial charge in [-0.05, 0) is 42.8 Å². The van der Waals surface area contributed by atoms with E-state index in [1.807, 2.05) is 13.1 Å². The summed E-state index contributed by atoms with van der Waals surface area (Å²) < 4.78 is 5.29. The average molecular weight is 269 g/mol. The molecular formula is C18H23NO. The third-order valence-electron chi connectivity index (χ3n) is 3.95. The van der Waals surface area contributed by atoms with Crippen LogP contribution in [0.4, 0.5) is 0 Å². The van der Waals surface area contributed by atoms with E-state index < -0.39 is 0 Å². The molecule has 0 aromatic heterocycles. The van der Waals surface area contributed by atoms with Gasteiger partial charge in [0.1, 0.15) is 5.75 Å². The Morgan fingerprint density at radius 2 is 1.75 bits per heavy atom. The molecule has 0 saturated carbocycles. The molecule has 0 bridgehead atoms. The van der Waals surface area contributed by atoms with E-state index in [9.17, 15) is 0 Å². The highest BCUT2D eigenvalue weighted by atomic mass is 16.5. The van der Waals surface area contributed by atoms with E-state index in [1.54, 1.807) is 7.11 Å². The van der Waals surface area contributed by atoms with Crippen LogP contribution in [-0.2, 0) is 0 Å². The van der Waals surface area contributed by atoms with Crippen molar-refractivity contribution in [3.63, 3.8) is 0 Å². The minimum Gasteiger partial charge on any atom is -0.497 e. The molecule has 2 heteroatoms. The first-order chi connectivity index (χ1) is 9.67. The van der Waals surface area contributed by atoms with E-state index in [1.165, 1.54) is 16.7 Å². The van der Waals surface area contributed by atoms with E-state index in [-0.39, 0.29) is 0 Å². The summed E-state index contributed by atoms with van der Waals surface area (Å²) in [6.07, 6.45) is 0. The van der Waals surface area contributed by atoms with Gasteiger partial charge in [0, 0.05) is 12.0 Å². The van der Waals surface area contributed by atoms with Gasteiger partial charge < -0.3 is 10.1 Å². The van der Waals surface area contributed by atoms with Crippen molar-refractivity contribution in [2.75, 3.05) is 14.2 Å². The third kappa shape index (κ3) is 3.02. The first kappa shape index (κ1) is 14.6. The van der Waals surface area contributed by atoms with Gasteiger partial charge in [-0.1, -0.05) is 43.3 Å². The second kappa shape index (κ2) is 6.58. The molecule has 2 unspecified atom stereocenters. The molecule has 20 heavy (non-hydrogen) atoms. The summed E-state index contributed by atoms with van der Waals surface area (Å²) >= 11 is 0. The maximum atomic E-state index is 5.29. The molecule has 2 nitrogen and oxygen atoms in total. The fraction of sp³-hybridized carbons (Fsp3) is 0.333. The molecule has 0 aliphatic rings. The Hall–Kier alpha value is -1.80. The Morgan fingerprint density at radius 3 is 2.30 bits per heavy atom. The van der Waals surface area contributed by atoms with Crippen LogP contribution in [0.5, 0.6) is 5.75 Å². The Labute approximate surface area is 121 Å². The smallest absolute Gasteiger partial charge is 0.119 e. The molecule has 0 radical (unpaired) electrons. The molecule has 2 aromatic rings. The van der Waals surface area contributed by atoms with Crippen LogP contribution < -0.4 is 10.1 Å². The van der Waals surface area contributed by atoms with Crippen LogP contribution in [0.15, 0.2) is 48.5 Å². The molecule has 0 aliphatic heterocycles. The molecule has 0 saturated heterocycles. The number of methoxy groups -OCH3 is 1. The Bertz CT molecular complexity index is 551. The minimum absolute atomic E-state index is 0.295. The summed E-state index contributed by atoms with van der Waals surface area (Å²) in [7, 11) is 3.73. The van der Waals surface area contributed by atoms with Crippen molar-refractivity contribution in [2.45, 2.75) is 25.8 Å². The van der Waals surface area contributed by atoms with Crippen molar-refractivity contribution in [3.8, 4) is 5.75 Å². The van der Waals surface area contributed by atoms with E-state index in [4.69, 9.17) is 4.74 Å². The summed E-state index contributed by atoms with van der Waals surface area (Å²) in [6, 6.07) is 17.2. The highest BCUT2D eigenvalue weighted by Gasteiger charge is 2.20. The molecule has 0 spiro atoms. The predicted octanol–water partition coefficient (Wildman–Crippen LogP) is 4.07. The van der Waals surface area contributed by atoms with Gasteiger partial charge in [0.2, 0.25) is 0 Å². The van der Waals surface area contributed by atoms with Crippen molar-refractivity contribution in [2.24, 2.45) is 0 Å². The van der Waals surface area contributed by atoms with Crippen LogP contribution >= 0.6 is 0 Å². The molecule has 0 aliphatic carbocycles. The Morgan fingerprint density at radius 1 is 1.05 bits per heavy atom. The molecule has 2 atom stereocenters. The van der Waals surface area contributed by atoms with Crippen LogP contribution in [0.1, 0.15) is 35.6 Å². The largest absolute Gasteiger partial charge is 0.497 e. The number of nitrogens with one attached hydrogen (secondary N) is 1. The van der Waals surface area contributed by atoms with Crippen LogP contribution in [0.3, 0.4) is 0 Å². The monoisotopic (exact) mass is 269 g/mol. The van der Waals surface area contributed by atoms with Crippen LogP contribution in [0, 0.1) is 6.92 Å². The molecule has 0 fully saturated rings. The van der Waals surface area contributed by atoms with Crippen molar-refractivity contribution < 1.29 is 4.74 Å². The second-order valence-electron chi connectivity index (χ2n) is 5.19. The van der Waals surface area contributed by atoms with Gasteiger partial charge in [-0.2, -0.15) is 0 Å². The summed E-state index contributed by atoms with van der Waals surface area (Å²) in [4.78, 5) is 0. The van der Waals surface area contributed by atoms with Gasteiger partial charge in [-0.3, -0.25) is 0 Å². The number of likely N-dealkylation sites (N-methyl/N-ethyl adjacent to an activating group) is 1. The summed E-state index contributed by atoms with van der Waals surface area (Å²) in [5.41, 5.74) is 3.93. The number of hydrogen-bond donors (Lipinski definition) is 1. The first-order valence-corrected chi connectivity index (χ1v) is 7.04. The molecule has 2 rings (SSSR count). The van der Waals surface area contributed by atoms with Crippen molar-refractivity contribution in [1.82, 2.24) is 5.32 Å². The van der Waals surface area contributed by atoms with E-state index in [2.05, 4.69) is 61.6 Å². The first-order valence-electron chi connectivity index (χ1n) is 7.04. The van der Waals surface area contributed by atoms with Crippen LogP contribution in [-0.4, -0.2) is 14.2 Å². The average Bonchev–Trinajstić information content (AvgIpc) is 2.50. The van der Waals surface area contributed by atoms with E-state index >= 15 is 0 Å². The van der Waals surface area contributed by atoms with Crippen molar-refractivity contribution >= 4 is 0 Å². The lowest BCUT2D eigenvalue weighted by molar-refractivity contribution is 0.413. The maximum Gasteiger partial charge on any atom is 0.119 e. The minimum atomic E-state index is 0.295. The van der Waals surface area contributed by atoms with Gasteiger partial charge in [0.15, 0.2) is 0 Å². The van der Waals surface area contributed by atoms with Crippen LogP contribution in [0.2, 0.25) is 0 Å². The topological polar surface area (TPSA) is 21.3 Å². The van der Waals surface area contributed by atoms with E-state index in [0.717, 1.165) is 5.75 Å². The van der Waals surface area contributed by atoms with Gasteiger partial charge in [-0.15, -0.1) is 0 Å². The van der Waals surface area contributed by atoms with Gasteiger partial charge in [-0.25, -0.2) is 0 Å². The fourth-order valence-electron chi connectivity index (χ4n) is 2.75. The maximum absolute atomic E-state index is 5.29. The fourth-order valence-corrected chi connectivity index (χ4v) is 2.75. The van der Waals surface area contributed by atoms with Gasteiger partial charge in [0.25, 0.3) is 0 Å². The number of ether oxygens (including phenoxy) is 1. The molecular weight excluding hydrogens is 246 g/mol. The number of benzene rings is 2. The van der Waals surface area contributed by atoms with Crippen molar-refractivity contribution in [1.29, 1.82) is 0 Å². The molecule has 0 heterocycles. The normalized spacial score (nSPS) is 13.8. The lowest BCUT2D eigenvalue weighted by atomic mass is 9.86. The Balaban J connectivity index is 2.33. The summed E-state index contributed by atoms with van der Waals surface area (Å²) in [5, 5.41) is 3.45. The zero-order chi connectivity index (χ0) is 14.5. The number of rotatable bonds is 5. The molecule has 106 valence electrons. The quantitative estimate of drug-likeness (QED) is 0.883. The highest BCUT2D eigenvalue weighted by molar-refractivity contribution is 5.38. The Kier molecular flexibility index (Phi) is 4.80. The standard InChI is InChI=1S/C18H23NO/c1-13-12-16(20-4)10-11-17(13)18(19-3)14(2)15-8-6-5-7-9-15/h5-12,14,18-19H,1-4H3. The van der Waals surface area contributed by atoms with Crippen molar-refractivity contribution in [3.05, 3.63) is 65.2 Å². The molecule has 1 N–H and O–H groups in total. The third-order valence-corrected chi connectivity index (χ3v) is 3.95. The van der Waals surface area contributed by atoms with Crippen LogP contribution in [0.25, 0.3) is 0 Å². The summed E-state index contributed by atoms with van der Waals surface area (Å²) in [6.45, 7) is 4.40. The zero-order valence-corrected chi connectivity index (χ0v) is 12.7. The molecule has 0 amide bonds. The lowest BCUT2D eigenvalue weighted by Gasteiger charge is -2.26. The van der Waals surface area contributed by atoms with E-state index in [0.29, 0.717) is 12.0 Å². The lowest BCUT2D eigenvalue weighted by Crippen LogP contribution is -2.23. The predicted molar refractivity (Wildman–Crippen MR) is 84.4 cm³/mol. The number of hydrogen-bond acceptors (Lipinski definition) is 2. The SMILES string of the molecule is CNC(c1ccc(OC)cc1C)C(C)c1ccccc1. The number of aryl methyl sites for hydroxylation is 1. The van der Waals surface area contributed by atoms with Gasteiger partial charge >= 0.3 is 0 Å². The second-order valence-corrected chi connectivity index (χ2v) is 5.19. The molecule has 2 aromatic carbocycles. The van der Waals surface area contributed by atoms with Gasteiger partial charge in [0.05, 0.1) is 7.11 Å².